The fourth-order valence-electron chi connectivity index (χ4n) is 3.46. The van der Waals surface area contributed by atoms with Gasteiger partial charge in [-0.1, -0.05) is 43.5 Å². The van der Waals surface area contributed by atoms with Crippen molar-refractivity contribution in [1.82, 2.24) is 0 Å². The standard InChI is InChI=1S/C18H20O2.CHClO2/c19-16-8-4-14(5-9-16)18(12-2-1-3-13-18)15-6-10-17(20)11-7-15;2-1(3)4/h4-11,19-20H,1-3,12-13H2;(H,3,4). The van der Waals surface area contributed by atoms with Crippen LogP contribution in [-0.4, -0.2) is 20.7 Å². The number of carbonyl (C=O) groups is 1. The molecule has 2 aromatic rings. The molecule has 3 rings (SSSR count). The zero-order valence-electron chi connectivity index (χ0n) is 13.3. The van der Waals surface area contributed by atoms with Crippen molar-refractivity contribution >= 4 is 17.0 Å². The Hall–Kier alpha value is -2.20. The summed E-state index contributed by atoms with van der Waals surface area (Å²) < 4.78 is 0. The van der Waals surface area contributed by atoms with Crippen LogP contribution >= 0.6 is 11.6 Å². The van der Waals surface area contributed by atoms with Crippen LogP contribution in [0.2, 0.25) is 0 Å². The highest BCUT2D eigenvalue weighted by Gasteiger charge is 2.35. The maximum Gasteiger partial charge on any atom is 0.401 e. The Morgan fingerprint density at radius 1 is 0.792 bits per heavy atom. The maximum absolute atomic E-state index is 9.51. The Bertz CT molecular complexity index is 607. The molecule has 1 aliphatic carbocycles. The summed E-state index contributed by atoms with van der Waals surface area (Å²) in [5.41, 5.74) is 1.20. The number of benzene rings is 2. The molecular formula is C19H21ClO4. The number of hydrogen-bond acceptors (Lipinski definition) is 3. The summed E-state index contributed by atoms with van der Waals surface area (Å²) >= 11 is 4.19. The van der Waals surface area contributed by atoms with Crippen molar-refractivity contribution in [2.45, 2.75) is 37.5 Å². The molecule has 2 aromatic carbocycles. The van der Waals surface area contributed by atoms with Crippen LogP contribution in [0, 0.1) is 0 Å². The van der Waals surface area contributed by atoms with Gasteiger partial charge in [0.15, 0.2) is 0 Å². The predicted molar refractivity (Wildman–Crippen MR) is 94.0 cm³/mol. The van der Waals surface area contributed by atoms with Gasteiger partial charge in [-0.05, 0) is 48.2 Å². The lowest BCUT2D eigenvalue weighted by molar-refractivity contribution is 0.220. The zero-order chi connectivity index (χ0) is 17.6. The van der Waals surface area contributed by atoms with Crippen molar-refractivity contribution in [2.75, 3.05) is 0 Å². The molecule has 0 aliphatic heterocycles. The van der Waals surface area contributed by atoms with Crippen molar-refractivity contribution in [3.8, 4) is 11.5 Å². The summed E-state index contributed by atoms with van der Waals surface area (Å²) in [6.45, 7) is 0. The van der Waals surface area contributed by atoms with Gasteiger partial charge in [0, 0.05) is 17.0 Å². The van der Waals surface area contributed by atoms with Gasteiger partial charge in [0.05, 0.1) is 0 Å². The van der Waals surface area contributed by atoms with Crippen molar-refractivity contribution in [3.05, 3.63) is 59.7 Å². The van der Waals surface area contributed by atoms with Gasteiger partial charge in [-0.25, -0.2) is 4.79 Å². The molecule has 1 saturated carbocycles. The van der Waals surface area contributed by atoms with E-state index in [1.807, 2.05) is 24.3 Å². The van der Waals surface area contributed by atoms with Gasteiger partial charge in [0.2, 0.25) is 0 Å². The largest absolute Gasteiger partial charge is 0.508 e. The van der Waals surface area contributed by atoms with E-state index in [4.69, 9.17) is 9.90 Å². The van der Waals surface area contributed by atoms with Crippen molar-refractivity contribution in [3.63, 3.8) is 0 Å². The molecule has 0 aromatic heterocycles. The lowest BCUT2D eigenvalue weighted by Crippen LogP contribution is -2.30. The topological polar surface area (TPSA) is 77.8 Å². The third-order valence-electron chi connectivity index (χ3n) is 4.55. The monoisotopic (exact) mass is 348 g/mol. The van der Waals surface area contributed by atoms with E-state index in [0.29, 0.717) is 11.5 Å². The second-order valence-electron chi connectivity index (χ2n) is 5.99. The molecular weight excluding hydrogens is 328 g/mol. The van der Waals surface area contributed by atoms with E-state index in [9.17, 15) is 10.2 Å². The van der Waals surface area contributed by atoms with E-state index in [0.717, 1.165) is 12.8 Å². The highest BCUT2D eigenvalue weighted by Crippen LogP contribution is 2.45. The summed E-state index contributed by atoms with van der Waals surface area (Å²) in [5, 5.41) is 26.2. The zero-order valence-corrected chi connectivity index (χ0v) is 14.0. The molecule has 1 aliphatic rings. The lowest BCUT2D eigenvalue weighted by atomic mass is 9.65. The number of hydrogen-bond donors (Lipinski definition) is 3. The quantitative estimate of drug-likeness (QED) is 0.647. The fourth-order valence-corrected chi connectivity index (χ4v) is 3.46. The van der Waals surface area contributed by atoms with Crippen LogP contribution in [0.1, 0.15) is 43.2 Å². The Labute approximate surface area is 146 Å². The van der Waals surface area contributed by atoms with Crippen molar-refractivity contribution in [1.29, 1.82) is 0 Å². The van der Waals surface area contributed by atoms with Crippen LogP contribution in [0.25, 0.3) is 0 Å². The first kappa shape index (κ1) is 18.1. The molecule has 0 unspecified atom stereocenters. The van der Waals surface area contributed by atoms with E-state index in [2.05, 4.69) is 11.6 Å². The van der Waals surface area contributed by atoms with Gasteiger partial charge in [-0.15, -0.1) is 0 Å². The normalized spacial score (nSPS) is 15.9. The number of aromatic hydroxyl groups is 2. The molecule has 4 nitrogen and oxygen atoms in total. The third-order valence-corrected chi connectivity index (χ3v) is 4.55. The molecule has 0 saturated heterocycles. The summed E-state index contributed by atoms with van der Waals surface area (Å²) in [6.07, 6.45) is 5.99. The number of rotatable bonds is 2. The van der Waals surface area contributed by atoms with Crippen molar-refractivity contribution in [2.24, 2.45) is 0 Å². The first-order chi connectivity index (χ1) is 11.4. The van der Waals surface area contributed by atoms with Crippen LogP contribution in [0.4, 0.5) is 4.79 Å². The lowest BCUT2D eigenvalue weighted by Gasteiger charge is -2.38. The average molecular weight is 349 g/mol. The Morgan fingerprint density at radius 3 is 1.46 bits per heavy atom. The Morgan fingerprint density at radius 2 is 1.12 bits per heavy atom. The van der Waals surface area contributed by atoms with Gasteiger partial charge in [-0.3, -0.25) is 0 Å². The molecule has 0 spiro atoms. The molecule has 3 N–H and O–H groups in total. The first-order valence-corrected chi connectivity index (χ1v) is 8.29. The predicted octanol–water partition coefficient (Wildman–Crippen LogP) is 5.25. The van der Waals surface area contributed by atoms with Crippen LogP contribution in [-0.2, 0) is 5.41 Å². The molecule has 0 radical (unpaired) electrons. The van der Waals surface area contributed by atoms with E-state index in [1.165, 1.54) is 30.4 Å². The number of phenolic OH excluding ortho intramolecular Hbond substituents is 2. The second-order valence-corrected chi connectivity index (χ2v) is 6.31. The second kappa shape index (κ2) is 8.06. The van der Waals surface area contributed by atoms with Crippen molar-refractivity contribution < 1.29 is 20.1 Å². The summed E-state index contributed by atoms with van der Waals surface area (Å²) in [4.78, 5) is 8.77. The van der Waals surface area contributed by atoms with E-state index < -0.39 is 5.43 Å². The van der Waals surface area contributed by atoms with Crippen LogP contribution < -0.4 is 0 Å². The van der Waals surface area contributed by atoms with Gasteiger partial charge < -0.3 is 15.3 Å². The molecule has 5 heteroatoms. The minimum absolute atomic E-state index is 0.0274. The Kier molecular flexibility index (Phi) is 6.10. The maximum atomic E-state index is 9.51. The molecule has 0 bridgehead atoms. The molecule has 1 fully saturated rings. The van der Waals surface area contributed by atoms with E-state index in [1.54, 1.807) is 24.3 Å². The molecule has 24 heavy (non-hydrogen) atoms. The van der Waals surface area contributed by atoms with Gasteiger partial charge in [0.25, 0.3) is 0 Å². The van der Waals surface area contributed by atoms with Crippen LogP contribution in [0.15, 0.2) is 48.5 Å². The molecule has 128 valence electrons. The van der Waals surface area contributed by atoms with E-state index >= 15 is 0 Å². The number of halogens is 1. The molecule has 0 heterocycles. The first-order valence-electron chi connectivity index (χ1n) is 7.91. The molecule has 0 atom stereocenters. The average Bonchev–Trinajstić information content (AvgIpc) is 2.56. The summed E-state index contributed by atoms with van der Waals surface area (Å²) in [7, 11) is 0. The Balaban J connectivity index is 0.000000471. The number of phenols is 2. The summed E-state index contributed by atoms with van der Waals surface area (Å²) in [6, 6.07) is 15.2. The van der Waals surface area contributed by atoms with Gasteiger partial charge >= 0.3 is 5.43 Å². The number of carboxylic acid groups (broad SMARTS) is 1. The van der Waals surface area contributed by atoms with Gasteiger partial charge in [0.1, 0.15) is 11.5 Å². The third kappa shape index (κ3) is 4.42. The highest BCUT2D eigenvalue weighted by atomic mass is 35.5. The minimum Gasteiger partial charge on any atom is -0.508 e. The minimum atomic E-state index is -1.36. The SMILES string of the molecule is O=C(O)Cl.Oc1ccc(C2(c3ccc(O)cc3)CCCCC2)cc1. The summed E-state index contributed by atoms with van der Waals surface area (Å²) in [5.74, 6) is 0.621. The fraction of sp³-hybridized carbons (Fsp3) is 0.316. The highest BCUT2D eigenvalue weighted by molar-refractivity contribution is 6.60. The smallest absolute Gasteiger partial charge is 0.401 e. The van der Waals surface area contributed by atoms with Crippen LogP contribution in [0.3, 0.4) is 0 Å². The van der Waals surface area contributed by atoms with Crippen LogP contribution in [0.5, 0.6) is 11.5 Å². The van der Waals surface area contributed by atoms with E-state index in [-0.39, 0.29) is 5.41 Å². The van der Waals surface area contributed by atoms with Gasteiger partial charge in [-0.2, -0.15) is 0 Å². The molecule has 0 amide bonds.